The van der Waals surface area contributed by atoms with Gasteiger partial charge in [-0.15, -0.1) is 0 Å². The highest BCUT2D eigenvalue weighted by Gasteiger charge is 2.94. The van der Waals surface area contributed by atoms with Crippen LogP contribution in [0.15, 0.2) is 18.2 Å². The number of hydrogen-bond donors (Lipinski definition) is 3. The third-order valence-electron chi connectivity index (χ3n) is 9.71. The maximum atomic E-state index is 14.5. The van der Waals surface area contributed by atoms with E-state index >= 15 is 0 Å². The SMILES string of the molecule is CCCCCCC(CCCCCCCCCCC(=O)O)OC(=O)Nc1ccc(C)c(NC(=O)OCCN(C)S(=O)(=O)C(F)(F)C(F)(F)C(F)(F)C(F)(F)C(F)(F)C(F)(F)C(F)(F)F)c1. The normalized spacial score (nSPS) is 14.0. The number of nitrogens with one attached hydrogen (secondary N) is 2. The third-order valence-corrected chi connectivity index (χ3v) is 11.6. The molecule has 0 fully saturated rings. The van der Waals surface area contributed by atoms with Crippen molar-refractivity contribution < 1.29 is 103 Å². The number of aryl methyl sites for hydroxylation is 1. The number of ether oxygens (including phenoxy) is 2. The molecular formula is C37H50F15N3O8S. The van der Waals surface area contributed by atoms with E-state index in [0.717, 1.165) is 70.6 Å². The molecule has 372 valence electrons. The van der Waals surface area contributed by atoms with E-state index in [2.05, 4.69) is 15.4 Å². The number of nitrogens with zero attached hydrogens (tertiary/aromatic N) is 1. The summed E-state index contributed by atoms with van der Waals surface area (Å²) in [7, 11) is -7.57. The predicted octanol–water partition coefficient (Wildman–Crippen LogP) is 12.0. The second kappa shape index (κ2) is 23.5. The number of likely N-dealkylation sites (N-methyl/N-ethyl adjacent to an activating group) is 1. The minimum atomic E-state index is -8.68. The van der Waals surface area contributed by atoms with E-state index in [4.69, 9.17) is 9.84 Å². The number of unbranched alkanes of at least 4 members (excludes halogenated alkanes) is 10. The summed E-state index contributed by atoms with van der Waals surface area (Å²) in [6, 6.07) is 3.95. The maximum Gasteiger partial charge on any atom is 0.460 e. The topological polar surface area (TPSA) is 151 Å². The van der Waals surface area contributed by atoms with Crippen LogP contribution in [-0.4, -0.2) is 103 Å². The Balaban J connectivity index is 2.93. The highest BCUT2D eigenvalue weighted by atomic mass is 32.2. The van der Waals surface area contributed by atoms with Gasteiger partial charge in [-0.25, -0.2) is 18.0 Å². The Labute approximate surface area is 358 Å². The van der Waals surface area contributed by atoms with Crippen LogP contribution in [0, 0.1) is 6.92 Å². The standard InChI is InChI=1S/C37H50F15N3O8S/c1-4-5-6-13-16-26(17-14-11-9-7-8-10-12-15-18-28(56)57)63-30(59)53-25-20-19-24(2)27(23-25)54-29(58)62-22-21-55(3)64(60,61)37(51,52)35(46,47)33(42,43)31(38,39)32(40,41)34(44,45)36(48,49)50/h19-20,23,26H,4-18,21-22H2,1-3H3,(H,53,59)(H,54,58)(H,56,57). The van der Waals surface area contributed by atoms with Crippen LogP contribution in [-0.2, 0) is 24.3 Å². The summed E-state index contributed by atoms with van der Waals surface area (Å²) < 4.78 is 237. The Bertz CT molecular complexity index is 1790. The van der Waals surface area contributed by atoms with Gasteiger partial charge in [0.1, 0.15) is 12.7 Å². The summed E-state index contributed by atoms with van der Waals surface area (Å²) in [6.07, 6.45) is 1.12. The fourth-order valence-corrected chi connectivity index (χ4v) is 6.90. The van der Waals surface area contributed by atoms with Crippen molar-refractivity contribution in [2.75, 3.05) is 30.8 Å². The fraction of sp³-hybridized carbons (Fsp3) is 0.757. The number of alkyl halides is 15. The summed E-state index contributed by atoms with van der Waals surface area (Å²) in [5.41, 5.74) is 0.224. The molecule has 1 aromatic carbocycles. The molecule has 0 aliphatic heterocycles. The summed E-state index contributed by atoms with van der Waals surface area (Å²) in [4.78, 5) is 35.9. The number of carboxylic acids is 1. The van der Waals surface area contributed by atoms with E-state index in [1.54, 1.807) is 0 Å². The number of carbonyl (C=O) groups excluding carboxylic acids is 2. The Morgan fingerprint density at radius 2 is 1.14 bits per heavy atom. The van der Waals surface area contributed by atoms with Crippen molar-refractivity contribution in [1.82, 2.24) is 4.31 Å². The molecule has 3 N–H and O–H groups in total. The highest BCUT2D eigenvalue weighted by Crippen LogP contribution is 2.63. The number of anilines is 2. The number of benzene rings is 1. The van der Waals surface area contributed by atoms with Gasteiger partial charge in [-0.2, -0.15) is 70.2 Å². The van der Waals surface area contributed by atoms with Crippen molar-refractivity contribution in [2.24, 2.45) is 0 Å². The lowest BCUT2D eigenvalue weighted by molar-refractivity contribution is -0.447. The molecule has 0 saturated heterocycles. The number of halogens is 15. The summed E-state index contributed by atoms with van der Waals surface area (Å²) in [5, 5.41) is 5.66. The molecule has 1 aromatic rings. The summed E-state index contributed by atoms with van der Waals surface area (Å²) >= 11 is 0. The molecule has 27 heteroatoms. The number of hydrogen-bond acceptors (Lipinski definition) is 7. The molecule has 0 saturated carbocycles. The summed E-state index contributed by atoms with van der Waals surface area (Å²) in [6.45, 7) is 0.349. The van der Waals surface area contributed by atoms with Crippen molar-refractivity contribution in [3.63, 3.8) is 0 Å². The van der Waals surface area contributed by atoms with Crippen LogP contribution >= 0.6 is 0 Å². The van der Waals surface area contributed by atoms with Gasteiger partial charge in [-0.3, -0.25) is 15.4 Å². The first-order valence-electron chi connectivity index (χ1n) is 19.7. The average molecular weight is 982 g/mol. The molecule has 0 aliphatic rings. The van der Waals surface area contributed by atoms with Crippen LogP contribution in [0.3, 0.4) is 0 Å². The molecule has 1 atom stereocenters. The van der Waals surface area contributed by atoms with Crippen molar-refractivity contribution >= 4 is 39.6 Å². The van der Waals surface area contributed by atoms with Crippen LogP contribution in [0.4, 0.5) is 86.8 Å². The molecule has 0 aliphatic carbocycles. The first-order chi connectivity index (χ1) is 29.2. The van der Waals surface area contributed by atoms with Crippen molar-refractivity contribution in [1.29, 1.82) is 0 Å². The zero-order valence-corrected chi connectivity index (χ0v) is 35.5. The van der Waals surface area contributed by atoms with Crippen LogP contribution < -0.4 is 10.6 Å². The van der Waals surface area contributed by atoms with Crippen LogP contribution in [0.1, 0.15) is 109 Å². The zero-order valence-electron chi connectivity index (χ0n) is 34.7. The molecular weight excluding hydrogens is 931 g/mol. The van der Waals surface area contributed by atoms with E-state index in [0.29, 0.717) is 19.3 Å². The van der Waals surface area contributed by atoms with Gasteiger partial charge in [-0.05, 0) is 56.7 Å². The minimum absolute atomic E-state index is 0.0511. The van der Waals surface area contributed by atoms with E-state index in [1.807, 2.05) is 6.92 Å². The quantitative estimate of drug-likeness (QED) is 0.0530. The Hall–Kier alpha value is -3.91. The number of aliphatic carboxylic acids is 1. The predicted molar refractivity (Wildman–Crippen MR) is 200 cm³/mol. The maximum absolute atomic E-state index is 14.5. The van der Waals surface area contributed by atoms with Crippen molar-refractivity contribution in [3.05, 3.63) is 23.8 Å². The molecule has 0 bridgehead atoms. The number of carboxylic acid groups (broad SMARTS) is 1. The highest BCUT2D eigenvalue weighted by molar-refractivity contribution is 7.90. The zero-order chi connectivity index (χ0) is 49.6. The number of rotatable bonds is 29. The number of amides is 2. The Morgan fingerprint density at radius 1 is 0.672 bits per heavy atom. The van der Waals surface area contributed by atoms with Gasteiger partial charge < -0.3 is 14.6 Å². The van der Waals surface area contributed by atoms with E-state index in [9.17, 15) is 88.7 Å². The lowest BCUT2D eigenvalue weighted by Gasteiger charge is -2.41. The third kappa shape index (κ3) is 14.3. The first kappa shape index (κ1) is 58.1. The van der Waals surface area contributed by atoms with E-state index in [1.165, 1.54) is 25.1 Å². The van der Waals surface area contributed by atoms with E-state index in [-0.39, 0.29) is 30.4 Å². The van der Waals surface area contributed by atoms with Gasteiger partial charge in [0.05, 0.1) is 0 Å². The van der Waals surface area contributed by atoms with Gasteiger partial charge in [0.15, 0.2) is 0 Å². The molecule has 0 heterocycles. The van der Waals surface area contributed by atoms with Gasteiger partial charge >= 0.3 is 59.2 Å². The van der Waals surface area contributed by atoms with Gasteiger partial charge in [0, 0.05) is 31.4 Å². The lowest BCUT2D eigenvalue weighted by atomic mass is 9.94. The molecule has 1 unspecified atom stereocenters. The van der Waals surface area contributed by atoms with Crippen molar-refractivity contribution in [3.8, 4) is 0 Å². The van der Waals surface area contributed by atoms with E-state index < -0.39 is 92.8 Å². The van der Waals surface area contributed by atoms with Crippen LogP contribution in [0.2, 0.25) is 0 Å². The molecule has 0 radical (unpaired) electrons. The fourth-order valence-electron chi connectivity index (χ4n) is 5.75. The molecule has 0 spiro atoms. The second-order valence-electron chi connectivity index (χ2n) is 14.8. The largest absolute Gasteiger partial charge is 0.481 e. The lowest BCUT2D eigenvalue weighted by Crippen LogP contribution is -2.73. The van der Waals surface area contributed by atoms with Gasteiger partial charge in [0.2, 0.25) is 0 Å². The van der Waals surface area contributed by atoms with Gasteiger partial charge in [-0.1, -0.05) is 70.8 Å². The van der Waals surface area contributed by atoms with Crippen LogP contribution in [0.5, 0.6) is 0 Å². The molecule has 2 amide bonds. The molecule has 11 nitrogen and oxygen atoms in total. The smallest absolute Gasteiger partial charge is 0.460 e. The summed E-state index contributed by atoms with van der Waals surface area (Å²) in [5.74, 6) is -43.2. The Morgan fingerprint density at radius 3 is 1.64 bits per heavy atom. The Kier molecular flexibility index (Phi) is 21.3. The second-order valence-corrected chi connectivity index (χ2v) is 16.9. The molecule has 0 aromatic heterocycles. The van der Waals surface area contributed by atoms with Gasteiger partial charge in [0.25, 0.3) is 10.0 Å². The average Bonchev–Trinajstić information content (AvgIpc) is 3.17. The number of sulfonamides is 1. The minimum Gasteiger partial charge on any atom is -0.481 e. The van der Waals surface area contributed by atoms with Crippen LogP contribution in [0.25, 0.3) is 0 Å². The monoisotopic (exact) mass is 981 g/mol. The molecule has 64 heavy (non-hydrogen) atoms. The number of carbonyl (C=O) groups is 3. The van der Waals surface area contributed by atoms with Crippen molar-refractivity contribution in [2.45, 2.75) is 157 Å². The first-order valence-corrected chi connectivity index (χ1v) is 21.1. The molecule has 1 rings (SSSR count).